The van der Waals surface area contributed by atoms with Gasteiger partial charge in [0.15, 0.2) is 11.2 Å². The summed E-state index contributed by atoms with van der Waals surface area (Å²) in [5.41, 5.74) is 0.915. The van der Waals surface area contributed by atoms with Crippen LogP contribution in [0.4, 0.5) is 5.69 Å². The predicted octanol–water partition coefficient (Wildman–Crippen LogP) is 2.45. The van der Waals surface area contributed by atoms with Crippen molar-refractivity contribution in [1.82, 2.24) is 10.6 Å². The summed E-state index contributed by atoms with van der Waals surface area (Å²) in [6.07, 6.45) is 4.36. The quantitative estimate of drug-likeness (QED) is 0.805. The molecule has 1 aliphatic carbocycles. The van der Waals surface area contributed by atoms with Crippen LogP contribution in [0.3, 0.4) is 0 Å². The number of para-hydroxylation sites is 2. The van der Waals surface area contributed by atoms with Crippen molar-refractivity contribution in [2.75, 3.05) is 18.5 Å². The van der Waals surface area contributed by atoms with Crippen LogP contribution in [-0.4, -0.2) is 36.8 Å². The standard InChI is InChI=1S/C18H25N3O2S/c1-12-7-3-4-8-13(12)20-18(24)21-11-16(17(22)19-2)23-15-10-6-5-9-14(15)21/h5-6,9-10,12-13,16H,3-4,7-8,11H2,1-2H3,(H,19,22)(H,20,24)/t12-,13-,16-/m1/s1. The van der Waals surface area contributed by atoms with E-state index in [1.165, 1.54) is 19.3 Å². The Labute approximate surface area is 148 Å². The second-order valence-electron chi connectivity index (χ2n) is 6.62. The minimum absolute atomic E-state index is 0.136. The Hall–Kier alpha value is -1.82. The molecule has 3 rings (SSSR count). The van der Waals surface area contributed by atoms with E-state index in [-0.39, 0.29) is 5.91 Å². The van der Waals surface area contributed by atoms with E-state index >= 15 is 0 Å². The molecule has 0 spiro atoms. The molecule has 1 aliphatic heterocycles. The molecule has 0 bridgehead atoms. The maximum absolute atomic E-state index is 12.1. The molecule has 130 valence electrons. The lowest BCUT2D eigenvalue weighted by Gasteiger charge is -2.38. The van der Waals surface area contributed by atoms with Crippen LogP contribution in [0.2, 0.25) is 0 Å². The smallest absolute Gasteiger partial charge is 0.262 e. The zero-order chi connectivity index (χ0) is 17.1. The largest absolute Gasteiger partial charge is 0.477 e. The van der Waals surface area contributed by atoms with Gasteiger partial charge in [0.2, 0.25) is 0 Å². The molecule has 5 nitrogen and oxygen atoms in total. The molecule has 1 aromatic carbocycles. The molecule has 1 amide bonds. The second-order valence-corrected chi connectivity index (χ2v) is 7.00. The number of rotatable bonds is 2. The summed E-state index contributed by atoms with van der Waals surface area (Å²) in [7, 11) is 1.62. The van der Waals surface area contributed by atoms with Crippen LogP contribution >= 0.6 is 12.2 Å². The number of thiocarbonyl (C=S) groups is 1. The molecule has 2 aliphatic rings. The molecule has 6 heteroatoms. The molecule has 2 N–H and O–H groups in total. The van der Waals surface area contributed by atoms with Crippen molar-refractivity contribution in [3.8, 4) is 5.75 Å². The topological polar surface area (TPSA) is 53.6 Å². The summed E-state index contributed by atoms with van der Waals surface area (Å²) in [6.45, 7) is 2.70. The van der Waals surface area contributed by atoms with Crippen molar-refractivity contribution in [2.24, 2.45) is 5.92 Å². The van der Waals surface area contributed by atoms with Crippen LogP contribution in [0.25, 0.3) is 0 Å². The van der Waals surface area contributed by atoms with E-state index in [2.05, 4.69) is 17.6 Å². The van der Waals surface area contributed by atoms with Gasteiger partial charge in [-0.2, -0.15) is 0 Å². The molecule has 0 unspecified atom stereocenters. The Balaban J connectivity index is 1.79. The first kappa shape index (κ1) is 17.0. The van der Waals surface area contributed by atoms with Crippen molar-refractivity contribution in [1.29, 1.82) is 0 Å². The Kier molecular flexibility index (Phi) is 5.23. The maximum Gasteiger partial charge on any atom is 0.262 e. The van der Waals surface area contributed by atoms with Gasteiger partial charge in [-0.1, -0.05) is 31.9 Å². The van der Waals surface area contributed by atoms with Crippen LogP contribution in [0.15, 0.2) is 24.3 Å². The summed E-state index contributed by atoms with van der Waals surface area (Å²) in [6, 6.07) is 8.13. The number of fused-ring (bicyclic) bond motifs is 1. The monoisotopic (exact) mass is 347 g/mol. The molecular formula is C18H25N3O2S. The number of hydrogen-bond acceptors (Lipinski definition) is 3. The number of carbonyl (C=O) groups excluding carboxylic acids is 1. The lowest BCUT2D eigenvalue weighted by atomic mass is 9.86. The third-order valence-electron chi connectivity index (χ3n) is 4.98. The van der Waals surface area contributed by atoms with Crippen LogP contribution in [0.1, 0.15) is 32.6 Å². The van der Waals surface area contributed by atoms with Gasteiger partial charge in [0.1, 0.15) is 5.75 Å². The first-order chi connectivity index (χ1) is 11.6. The maximum atomic E-state index is 12.1. The number of benzene rings is 1. The van der Waals surface area contributed by atoms with Gasteiger partial charge in [0.05, 0.1) is 12.2 Å². The number of likely N-dealkylation sites (N-methyl/N-ethyl adjacent to an activating group) is 1. The third-order valence-corrected chi connectivity index (χ3v) is 5.32. The average molecular weight is 347 g/mol. The Morgan fingerprint density at radius 3 is 2.79 bits per heavy atom. The third kappa shape index (κ3) is 3.48. The number of nitrogens with zero attached hydrogens (tertiary/aromatic N) is 1. The van der Waals surface area contributed by atoms with Crippen LogP contribution in [0, 0.1) is 5.92 Å². The molecule has 3 atom stereocenters. The molecule has 0 saturated heterocycles. The number of hydrogen-bond donors (Lipinski definition) is 2. The molecule has 1 heterocycles. The number of anilines is 1. The van der Waals surface area contributed by atoms with Gasteiger partial charge in [-0.05, 0) is 43.1 Å². The zero-order valence-corrected chi connectivity index (χ0v) is 15.1. The van der Waals surface area contributed by atoms with Gasteiger partial charge in [-0.3, -0.25) is 4.79 Å². The zero-order valence-electron chi connectivity index (χ0n) is 14.2. The van der Waals surface area contributed by atoms with E-state index in [4.69, 9.17) is 17.0 Å². The number of amides is 1. The molecule has 1 aromatic rings. The predicted molar refractivity (Wildman–Crippen MR) is 99.4 cm³/mol. The van der Waals surface area contributed by atoms with Gasteiger partial charge in [0, 0.05) is 13.1 Å². The van der Waals surface area contributed by atoms with Gasteiger partial charge in [-0.25, -0.2) is 0 Å². The Bertz CT molecular complexity index is 622. The molecule has 24 heavy (non-hydrogen) atoms. The first-order valence-corrected chi connectivity index (χ1v) is 9.06. The van der Waals surface area contributed by atoms with Crippen molar-refractivity contribution in [3.05, 3.63) is 24.3 Å². The molecule has 0 aromatic heterocycles. The van der Waals surface area contributed by atoms with Gasteiger partial charge < -0.3 is 20.3 Å². The lowest BCUT2D eigenvalue weighted by Crippen LogP contribution is -2.55. The lowest BCUT2D eigenvalue weighted by molar-refractivity contribution is -0.127. The number of carbonyl (C=O) groups is 1. The number of nitrogens with one attached hydrogen (secondary N) is 2. The van der Waals surface area contributed by atoms with Gasteiger partial charge in [-0.15, -0.1) is 0 Å². The van der Waals surface area contributed by atoms with E-state index in [1.807, 2.05) is 29.2 Å². The van der Waals surface area contributed by atoms with E-state index in [0.29, 0.717) is 29.4 Å². The highest BCUT2D eigenvalue weighted by Crippen LogP contribution is 2.33. The van der Waals surface area contributed by atoms with Crippen molar-refractivity contribution < 1.29 is 9.53 Å². The van der Waals surface area contributed by atoms with Crippen LogP contribution in [0.5, 0.6) is 5.75 Å². The van der Waals surface area contributed by atoms with Crippen molar-refractivity contribution >= 4 is 28.9 Å². The van der Waals surface area contributed by atoms with Gasteiger partial charge >= 0.3 is 0 Å². The van der Waals surface area contributed by atoms with E-state index < -0.39 is 6.10 Å². The van der Waals surface area contributed by atoms with E-state index in [1.54, 1.807) is 7.05 Å². The average Bonchev–Trinajstić information content (AvgIpc) is 2.61. The normalized spacial score (nSPS) is 26.1. The van der Waals surface area contributed by atoms with E-state index in [0.717, 1.165) is 12.1 Å². The highest BCUT2D eigenvalue weighted by atomic mass is 32.1. The Morgan fingerprint density at radius 2 is 2.04 bits per heavy atom. The fraction of sp³-hybridized carbons (Fsp3) is 0.556. The number of ether oxygens (including phenoxy) is 1. The van der Waals surface area contributed by atoms with E-state index in [9.17, 15) is 4.79 Å². The summed E-state index contributed by atoms with van der Waals surface area (Å²) in [5.74, 6) is 1.17. The first-order valence-electron chi connectivity index (χ1n) is 8.65. The van der Waals surface area contributed by atoms with Crippen molar-refractivity contribution in [3.63, 3.8) is 0 Å². The minimum atomic E-state index is -0.562. The summed E-state index contributed by atoms with van der Waals surface area (Å²) in [5, 5.41) is 6.87. The molecule has 0 radical (unpaired) electrons. The summed E-state index contributed by atoms with van der Waals surface area (Å²) >= 11 is 5.69. The van der Waals surface area contributed by atoms with Crippen molar-refractivity contribution in [2.45, 2.75) is 44.8 Å². The second kappa shape index (κ2) is 7.38. The highest BCUT2D eigenvalue weighted by Gasteiger charge is 2.33. The molecular weight excluding hydrogens is 322 g/mol. The SMILES string of the molecule is CNC(=O)[C@H]1CN(C(=S)N[C@@H]2CCCC[C@H]2C)c2ccccc2O1. The fourth-order valence-corrected chi connectivity index (χ4v) is 3.82. The van der Waals surface area contributed by atoms with Crippen LogP contribution < -0.4 is 20.3 Å². The fourth-order valence-electron chi connectivity index (χ4n) is 3.49. The van der Waals surface area contributed by atoms with Gasteiger partial charge in [0.25, 0.3) is 5.91 Å². The molecule has 1 saturated carbocycles. The summed E-state index contributed by atoms with van der Waals surface area (Å²) in [4.78, 5) is 14.1. The Morgan fingerprint density at radius 1 is 1.29 bits per heavy atom. The highest BCUT2D eigenvalue weighted by molar-refractivity contribution is 7.80. The summed E-state index contributed by atoms with van der Waals surface area (Å²) < 4.78 is 5.84. The minimum Gasteiger partial charge on any atom is -0.477 e. The van der Waals surface area contributed by atoms with Crippen LogP contribution in [-0.2, 0) is 4.79 Å². The molecule has 1 fully saturated rings.